The first-order chi connectivity index (χ1) is 12.6. The van der Waals surface area contributed by atoms with Crippen LogP contribution in [0.2, 0.25) is 5.02 Å². The summed E-state index contributed by atoms with van der Waals surface area (Å²) in [6.07, 6.45) is 5.69. The molecule has 1 amide bonds. The van der Waals surface area contributed by atoms with Crippen molar-refractivity contribution in [3.63, 3.8) is 0 Å². The number of nitrogens with zero attached hydrogens (tertiary/aromatic N) is 2. The molecule has 26 heavy (non-hydrogen) atoms. The Labute approximate surface area is 157 Å². The summed E-state index contributed by atoms with van der Waals surface area (Å²) < 4.78 is 10.6. The molecule has 0 spiro atoms. The zero-order valence-corrected chi connectivity index (χ0v) is 15.5. The summed E-state index contributed by atoms with van der Waals surface area (Å²) in [5.41, 5.74) is 0.934. The van der Waals surface area contributed by atoms with Crippen molar-refractivity contribution in [1.29, 1.82) is 0 Å². The van der Waals surface area contributed by atoms with E-state index in [9.17, 15) is 4.79 Å². The third kappa shape index (κ3) is 4.16. The average molecular weight is 377 g/mol. The molecular formula is C18H21ClN4O3. The largest absolute Gasteiger partial charge is 0.495 e. The van der Waals surface area contributed by atoms with Gasteiger partial charge in [0.2, 0.25) is 0 Å². The van der Waals surface area contributed by atoms with E-state index in [1.54, 1.807) is 25.3 Å². The fourth-order valence-electron chi connectivity index (χ4n) is 2.98. The molecule has 1 aromatic carbocycles. The highest BCUT2D eigenvalue weighted by Gasteiger charge is 2.19. The Balaban J connectivity index is 1.79. The summed E-state index contributed by atoms with van der Waals surface area (Å²) in [6.45, 7) is 0. The predicted octanol–water partition coefficient (Wildman–Crippen LogP) is 3.56. The van der Waals surface area contributed by atoms with Crippen LogP contribution in [0.3, 0.4) is 0 Å². The van der Waals surface area contributed by atoms with E-state index in [4.69, 9.17) is 21.1 Å². The molecule has 1 aromatic heterocycles. The monoisotopic (exact) mass is 376 g/mol. The van der Waals surface area contributed by atoms with Gasteiger partial charge in [-0.15, -0.1) is 0 Å². The molecule has 0 unspecified atom stereocenters. The third-order valence-electron chi connectivity index (χ3n) is 4.33. The van der Waals surface area contributed by atoms with Crippen molar-refractivity contribution >= 4 is 29.0 Å². The molecule has 0 aliphatic heterocycles. The van der Waals surface area contributed by atoms with Crippen molar-refractivity contribution in [2.45, 2.75) is 31.7 Å². The lowest BCUT2D eigenvalue weighted by Gasteiger charge is -2.14. The Morgan fingerprint density at radius 2 is 1.85 bits per heavy atom. The molecule has 1 heterocycles. The van der Waals surface area contributed by atoms with E-state index in [1.165, 1.54) is 13.4 Å². The normalized spacial score (nSPS) is 14.1. The second-order valence-electron chi connectivity index (χ2n) is 6.06. The number of aromatic nitrogens is 2. The van der Waals surface area contributed by atoms with Crippen LogP contribution in [0, 0.1) is 0 Å². The minimum Gasteiger partial charge on any atom is -0.495 e. The molecule has 0 saturated heterocycles. The molecule has 0 atom stereocenters. The number of ether oxygens (including phenoxy) is 2. The Kier molecular flexibility index (Phi) is 5.78. The van der Waals surface area contributed by atoms with Crippen LogP contribution in [-0.4, -0.2) is 36.1 Å². The van der Waals surface area contributed by atoms with Crippen molar-refractivity contribution in [3.05, 3.63) is 35.2 Å². The zero-order valence-electron chi connectivity index (χ0n) is 14.7. The van der Waals surface area contributed by atoms with Gasteiger partial charge in [-0.05, 0) is 12.8 Å². The van der Waals surface area contributed by atoms with Gasteiger partial charge < -0.3 is 20.1 Å². The second-order valence-corrected chi connectivity index (χ2v) is 6.46. The molecule has 1 saturated carbocycles. The molecule has 138 valence electrons. The van der Waals surface area contributed by atoms with Crippen LogP contribution >= 0.6 is 11.6 Å². The van der Waals surface area contributed by atoms with Gasteiger partial charge in [0, 0.05) is 24.2 Å². The quantitative estimate of drug-likeness (QED) is 0.801. The van der Waals surface area contributed by atoms with E-state index in [0.717, 1.165) is 25.7 Å². The number of rotatable bonds is 6. The Morgan fingerprint density at radius 1 is 1.12 bits per heavy atom. The second kappa shape index (κ2) is 8.23. The van der Waals surface area contributed by atoms with E-state index in [2.05, 4.69) is 20.6 Å². The van der Waals surface area contributed by atoms with Gasteiger partial charge in [0.1, 0.15) is 29.3 Å². The number of carbonyl (C=O) groups is 1. The molecule has 3 rings (SSSR count). The van der Waals surface area contributed by atoms with Crippen molar-refractivity contribution in [2.24, 2.45) is 0 Å². The summed E-state index contributed by atoms with van der Waals surface area (Å²) >= 11 is 6.12. The van der Waals surface area contributed by atoms with E-state index in [1.807, 2.05) is 0 Å². The fraction of sp³-hybridized carbons (Fsp3) is 0.389. The Hall–Kier alpha value is -2.54. The first-order valence-electron chi connectivity index (χ1n) is 8.42. The molecule has 0 radical (unpaired) electrons. The lowest BCUT2D eigenvalue weighted by molar-refractivity contribution is 0.0932. The lowest BCUT2D eigenvalue weighted by atomic mass is 10.2. The number of amides is 1. The van der Waals surface area contributed by atoms with Gasteiger partial charge in [-0.2, -0.15) is 0 Å². The Bertz CT molecular complexity index is 794. The maximum atomic E-state index is 12.4. The van der Waals surface area contributed by atoms with E-state index in [-0.39, 0.29) is 11.9 Å². The standard InChI is InChI=1S/C18H21ClN4O3/c1-25-15-8-13(16(26-2)7-12(15)19)23-17-9-14(20-10-21-17)18(24)22-11-5-3-4-6-11/h7-11H,3-6H2,1-2H3,(H,22,24)(H,20,21,23). The van der Waals surface area contributed by atoms with Crippen LogP contribution in [0.5, 0.6) is 11.5 Å². The minimum absolute atomic E-state index is 0.192. The third-order valence-corrected chi connectivity index (χ3v) is 4.62. The summed E-state index contributed by atoms with van der Waals surface area (Å²) in [6, 6.07) is 5.19. The van der Waals surface area contributed by atoms with Crippen molar-refractivity contribution in [3.8, 4) is 11.5 Å². The average Bonchev–Trinajstić information content (AvgIpc) is 3.16. The van der Waals surface area contributed by atoms with Gasteiger partial charge in [0.15, 0.2) is 0 Å². The number of methoxy groups -OCH3 is 2. The van der Waals surface area contributed by atoms with Crippen LogP contribution in [-0.2, 0) is 0 Å². The van der Waals surface area contributed by atoms with Crippen LogP contribution < -0.4 is 20.1 Å². The Morgan fingerprint density at radius 3 is 2.54 bits per heavy atom. The van der Waals surface area contributed by atoms with Gasteiger partial charge >= 0.3 is 0 Å². The van der Waals surface area contributed by atoms with Crippen molar-refractivity contribution < 1.29 is 14.3 Å². The summed E-state index contributed by atoms with van der Waals surface area (Å²) in [4.78, 5) is 20.6. The number of anilines is 2. The first kappa shape index (κ1) is 18.3. The molecule has 1 aliphatic carbocycles. The molecule has 0 bridgehead atoms. The smallest absolute Gasteiger partial charge is 0.270 e. The lowest BCUT2D eigenvalue weighted by Crippen LogP contribution is -2.33. The van der Waals surface area contributed by atoms with Crippen molar-refractivity contribution in [1.82, 2.24) is 15.3 Å². The molecular weight excluding hydrogens is 356 g/mol. The maximum absolute atomic E-state index is 12.4. The molecule has 1 aliphatic rings. The minimum atomic E-state index is -0.192. The molecule has 1 fully saturated rings. The SMILES string of the molecule is COc1cc(Nc2cc(C(=O)NC3CCCC3)ncn2)c(OC)cc1Cl. The zero-order chi connectivity index (χ0) is 18.5. The van der Waals surface area contributed by atoms with Gasteiger partial charge in [-0.25, -0.2) is 9.97 Å². The molecule has 7 nitrogen and oxygen atoms in total. The molecule has 2 aromatic rings. The van der Waals surface area contributed by atoms with E-state index < -0.39 is 0 Å². The molecule has 2 N–H and O–H groups in total. The van der Waals surface area contributed by atoms with Gasteiger partial charge in [-0.3, -0.25) is 4.79 Å². The number of hydrogen-bond donors (Lipinski definition) is 2. The van der Waals surface area contributed by atoms with Crippen LogP contribution in [0.4, 0.5) is 11.5 Å². The van der Waals surface area contributed by atoms with Crippen LogP contribution in [0.25, 0.3) is 0 Å². The molecule has 8 heteroatoms. The number of hydrogen-bond acceptors (Lipinski definition) is 6. The van der Waals surface area contributed by atoms with Crippen LogP contribution in [0.15, 0.2) is 24.5 Å². The maximum Gasteiger partial charge on any atom is 0.270 e. The number of halogens is 1. The summed E-state index contributed by atoms with van der Waals surface area (Å²) in [5, 5.41) is 6.57. The van der Waals surface area contributed by atoms with E-state index >= 15 is 0 Å². The topological polar surface area (TPSA) is 85.4 Å². The highest BCUT2D eigenvalue weighted by Crippen LogP contribution is 2.37. The first-order valence-corrected chi connectivity index (χ1v) is 8.80. The number of carbonyl (C=O) groups excluding carboxylic acids is 1. The number of nitrogens with one attached hydrogen (secondary N) is 2. The van der Waals surface area contributed by atoms with Crippen molar-refractivity contribution in [2.75, 3.05) is 19.5 Å². The van der Waals surface area contributed by atoms with Gasteiger partial charge in [0.25, 0.3) is 5.91 Å². The van der Waals surface area contributed by atoms with Crippen LogP contribution in [0.1, 0.15) is 36.2 Å². The summed E-state index contributed by atoms with van der Waals surface area (Å²) in [5.74, 6) is 1.32. The van der Waals surface area contributed by atoms with E-state index in [0.29, 0.717) is 33.7 Å². The summed E-state index contributed by atoms with van der Waals surface area (Å²) in [7, 11) is 3.08. The highest BCUT2D eigenvalue weighted by molar-refractivity contribution is 6.32. The number of benzene rings is 1. The highest BCUT2D eigenvalue weighted by atomic mass is 35.5. The van der Waals surface area contributed by atoms with Gasteiger partial charge in [-0.1, -0.05) is 24.4 Å². The predicted molar refractivity (Wildman–Crippen MR) is 99.6 cm³/mol. The van der Waals surface area contributed by atoms with Gasteiger partial charge in [0.05, 0.1) is 24.9 Å². The fourth-order valence-corrected chi connectivity index (χ4v) is 3.21.